The first-order valence-corrected chi connectivity index (χ1v) is 8.58. The maximum atomic E-state index is 6.62. The Hall–Kier alpha value is -3.39. The van der Waals surface area contributed by atoms with Crippen LogP contribution in [0.2, 0.25) is 0 Å². The van der Waals surface area contributed by atoms with Crippen molar-refractivity contribution in [2.45, 2.75) is 5.60 Å². The van der Waals surface area contributed by atoms with Gasteiger partial charge in [0.1, 0.15) is 0 Å². The lowest BCUT2D eigenvalue weighted by Crippen LogP contribution is -2.36. The van der Waals surface area contributed by atoms with Gasteiger partial charge in [-0.1, -0.05) is 97.1 Å². The Morgan fingerprint density at radius 3 is 1.42 bits per heavy atom. The van der Waals surface area contributed by atoms with Gasteiger partial charge in [-0.15, -0.1) is 0 Å². The molecule has 4 aromatic rings. The third-order valence-electron chi connectivity index (χ3n) is 4.38. The van der Waals surface area contributed by atoms with Crippen LogP contribution in [-0.4, -0.2) is 4.98 Å². The quantitative estimate of drug-likeness (QED) is 0.464. The zero-order chi connectivity index (χ0) is 17.7. The predicted molar refractivity (Wildman–Crippen MR) is 103 cm³/mol. The van der Waals surface area contributed by atoms with Crippen LogP contribution >= 0.6 is 0 Å². The lowest BCUT2D eigenvalue weighted by molar-refractivity contribution is 0.147. The van der Waals surface area contributed by atoms with Crippen LogP contribution in [0, 0.1) is 6.20 Å². The number of aromatic nitrogens is 1. The van der Waals surface area contributed by atoms with Crippen LogP contribution in [0.1, 0.15) is 16.7 Å². The molecule has 0 saturated heterocycles. The van der Waals surface area contributed by atoms with Gasteiger partial charge in [-0.2, -0.15) is 0 Å². The van der Waals surface area contributed by atoms with Crippen molar-refractivity contribution in [3.63, 3.8) is 0 Å². The Morgan fingerprint density at radius 2 is 1.04 bits per heavy atom. The number of pyridine rings is 1. The van der Waals surface area contributed by atoms with E-state index in [9.17, 15) is 0 Å². The number of nitrogens with zero attached hydrogens (tertiary/aromatic N) is 1. The fourth-order valence-electron chi connectivity index (χ4n) is 3.22. The van der Waals surface area contributed by atoms with Crippen LogP contribution < -0.4 is 4.74 Å². The van der Waals surface area contributed by atoms with Gasteiger partial charge in [-0.05, 0) is 6.07 Å². The summed E-state index contributed by atoms with van der Waals surface area (Å²) in [6.07, 6.45) is 2.86. The van der Waals surface area contributed by atoms with Gasteiger partial charge in [-0.25, -0.2) is 4.98 Å². The molecule has 4 rings (SSSR count). The molecule has 0 aliphatic rings. The standard InChI is InChI=1S/C24H18NO/c1-4-12-20(13-5-1)24(21-14-6-2-7-15-21,22-16-8-3-9-17-22)26-23-18-10-11-19-25-23/h1-18H. The molecule has 0 N–H and O–H groups in total. The Bertz CT molecular complexity index is 842. The number of ether oxygens (including phenoxy) is 1. The van der Waals surface area contributed by atoms with E-state index in [0.717, 1.165) is 16.7 Å². The van der Waals surface area contributed by atoms with Gasteiger partial charge in [-0.3, -0.25) is 0 Å². The topological polar surface area (TPSA) is 22.1 Å². The summed E-state index contributed by atoms with van der Waals surface area (Å²) in [4.78, 5) is 4.29. The molecule has 0 unspecified atom stereocenters. The first-order valence-electron chi connectivity index (χ1n) is 8.58. The monoisotopic (exact) mass is 336 g/mol. The van der Waals surface area contributed by atoms with E-state index in [0.29, 0.717) is 5.88 Å². The number of rotatable bonds is 5. The highest BCUT2D eigenvalue weighted by Crippen LogP contribution is 2.40. The lowest BCUT2D eigenvalue weighted by Gasteiger charge is -2.35. The van der Waals surface area contributed by atoms with E-state index in [-0.39, 0.29) is 0 Å². The van der Waals surface area contributed by atoms with Gasteiger partial charge in [0.2, 0.25) is 5.88 Å². The Kier molecular flexibility index (Phi) is 4.48. The zero-order valence-electron chi connectivity index (χ0n) is 14.2. The predicted octanol–water partition coefficient (Wildman–Crippen LogP) is 5.25. The van der Waals surface area contributed by atoms with E-state index in [1.807, 2.05) is 66.7 Å². The van der Waals surface area contributed by atoms with Crippen molar-refractivity contribution in [3.8, 4) is 5.88 Å². The second-order valence-corrected chi connectivity index (χ2v) is 5.99. The van der Waals surface area contributed by atoms with Crippen molar-refractivity contribution in [3.05, 3.63) is 132 Å². The van der Waals surface area contributed by atoms with Crippen LogP contribution in [0.15, 0.2) is 109 Å². The average molecular weight is 336 g/mol. The molecule has 0 saturated carbocycles. The number of hydrogen-bond acceptors (Lipinski definition) is 2. The molecular weight excluding hydrogens is 318 g/mol. The molecular formula is C24H18NO. The number of benzene rings is 3. The molecule has 0 amide bonds. The molecule has 0 spiro atoms. The molecule has 0 aliphatic heterocycles. The Morgan fingerprint density at radius 1 is 0.577 bits per heavy atom. The van der Waals surface area contributed by atoms with Crippen LogP contribution in [0.4, 0.5) is 0 Å². The second kappa shape index (κ2) is 7.24. The van der Waals surface area contributed by atoms with Gasteiger partial charge in [0.15, 0.2) is 5.60 Å². The molecule has 1 heterocycles. The van der Waals surface area contributed by atoms with Crippen molar-refractivity contribution < 1.29 is 4.74 Å². The Balaban J connectivity index is 2.00. The number of hydrogen-bond donors (Lipinski definition) is 0. The highest BCUT2D eigenvalue weighted by atomic mass is 16.5. The van der Waals surface area contributed by atoms with Crippen molar-refractivity contribution >= 4 is 0 Å². The van der Waals surface area contributed by atoms with Crippen LogP contribution in [0.5, 0.6) is 5.88 Å². The van der Waals surface area contributed by atoms with Crippen LogP contribution in [0.25, 0.3) is 0 Å². The van der Waals surface area contributed by atoms with E-state index in [1.54, 1.807) is 6.07 Å². The van der Waals surface area contributed by atoms with Gasteiger partial charge in [0.25, 0.3) is 0 Å². The van der Waals surface area contributed by atoms with Gasteiger partial charge >= 0.3 is 0 Å². The SMILES string of the molecule is [c]1cccc(OC(c2ccccc2)(c2ccccc2)c2ccccc2)n1. The normalized spacial score (nSPS) is 11.1. The minimum atomic E-state index is -0.800. The Labute approximate surface area is 153 Å². The fourth-order valence-corrected chi connectivity index (χ4v) is 3.22. The molecule has 1 aromatic heterocycles. The average Bonchev–Trinajstić information content (AvgIpc) is 2.75. The zero-order valence-corrected chi connectivity index (χ0v) is 14.2. The van der Waals surface area contributed by atoms with Gasteiger partial charge in [0, 0.05) is 22.8 Å². The minimum Gasteiger partial charge on any atom is -0.456 e. The lowest BCUT2D eigenvalue weighted by atomic mass is 9.80. The van der Waals surface area contributed by atoms with Crippen molar-refractivity contribution in [2.24, 2.45) is 0 Å². The summed E-state index contributed by atoms with van der Waals surface area (Å²) in [6, 6.07) is 36.3. The molecule has 2 nitrogen and oxygen atoms in total. The molecule has 3 aromatic carbocycles. The maximum absolute atomic E-state index is 6.62. The van der Waals surface area contributed by atoms with Gasteiger partial charge in [0.05, 0.1) is 6.20 Å². The first-order chi connectivity index (χ1) is 12.9. The molecule has 125 valence electrons. The third-order valence-corrected chi connectivity index (χ3v) is 4.38. The van der Waals surface area contributed by atoms with Crippen LogP contribution in [0.3, 0.4) is 0 Å². The van der Waals surface area contributed by atoms with Crippen molar-refractivity contribution in [1.29, 1.82) is 0 Å². The molecule has 26 heavy (non-hydrogen) atoms. The molecule has 0 aliphatic carbocycles. The van der Waals surface area contributed by atoms with Crippen LogP contribution in [-0.2, 0) is 5.60 Å². The summed E-state index contributed by atoms with van der Waals surface area (Å²) in [5.74, 6) is 0.532. The smallest absolute Gasteiger partial charge is 0.215 e. The summed E-state index contributed by atoms with van der Waals surface area (Å²) in [5.41, 5.74) is 2.33. The summed E-state index contributed by atoms with van der Waals surface area (Å²) in [5, 5.41) is 0. The molecule has 2 heteroatoms. The van der Waals surface area contributed by atoms with E-state index < -0.39 is 5.60 Å². The summed E-state index contributed by atoms with van der Waals surface area (Å²) in [6.45, 7) is 0. The van der Waals surface area contributed by atoms with E-state index in [2.05, 4.69) is 47.6 Å². The molecule has 0 fully saturated rings. The van der Waals surface area contributed by atoms with Gasteiger partial charge < -0.3 is 4.74 Å². The third kappa shape index (κ3) is 2.98. The summed E-state index contributed by atoms with van der Waals surface area (Å²) in [7, 11) is 0. The first kappa shape index (κ1) is 16.1. The molecule has 1 radical (unpaired) electrons. The highest BCUT2D eigenvalue weighted by Gasteiger charge is 2.39. The maximum Gasteiger partial charge on any atom is 0.215 e. The molecule has 0 bridgehead atoms. The summed E-state index contributed by atoms with van der Waals surface area (Å²) >= 11 is 0. The molecule has 0 atom stereocenters. The van der Waals surface area contributed by atoms with E-state index in [1.165, 1.54) is 0 Å². The highest BCUT2D eigenvalue weighted by molar-refractivity contribution is 5.48. The second-order valence-electron chi connectivity index (χ2n) is 5.99. The fraction of sp³-hybridized carbons (Fsp3) is 0.0417. The summed E-state index contributed by atoms with van der Waals surface area (Å²) < 4.78 is 6.62. The van der Waals surface area contributed by atoms with E-state index >= 15 is 0 Å². The largest absolute Gasteiger partial charge is 0.456 e. The van der Waals surface area contributed by atoms with E-state index in [4.69, 9.17) is 4.74 Å². The minimum absolute atomic E-state index is 0.532. The van der Waals surface area contributed by atoms with Crippen molar-refractivity contribution in [1.82, 2.24) is 4.98 Å². The van der Waals surface area contributed by atoms with Crippen molar-refractivity contribution in [2.75, 3.05) is 0 Å².